The van der Waals surface area contributed by atoms with E-state index in [9.17, 15) is 0 Å². The standard InChI is InChI=1S/C11H9N5/c12-11-5-6-16(15-11)10-7-13-14-9-4-2-1-3-8(9)10/h1-7H,(H2,12,15). The number of nitrogens with two attached hydrogens (primary N) is 1. The van der Waals surface area contributed by atoms with E-state index in [1.807, 2.05) is 24.3 Å². The highest BCUT2D eigenvalue weighted by Gasteiger charge is 2.05. The topological polar surface area (TPSA) is 69.6 Å². The van der Waals surface area contributed by atoms with Crippen LogP contribution in [0.25, 0.3) is 16.6 Å². The number of nitrogens with zero attached hydrogens (tertiary/aromatic N) is 4. The quantitative estimate of drug-likeness (QED) is 0.660. The van der Waals surface area contributed by atoms with Crippen LogP contribution in [0.1, 0.15) is 0 Å². The van der Waals surface area contributed by atoms with Crippen molar-refractivity contribution in [1.82, 2.24) is 20.0 Å². The number of nitrogen functional groups attached to an aromatic ring is 1. The zero-order valence-corrected chi connectivity index (χ0v) is 8.41. The Morgan fingerprint density at radius 2 is 2.00 bits per heavy atom. The molecule has 0 radical (unpaired) electrons. The van der Waals surface area contributed by atoms with Gasteiger partial charge < -0.3 is 5.73 Å². The van der Waals surface area contributed by atoms with Crippen LogP contribution in [0.15, 0.2) is 42.7 Å². The number of anilines is 1. The molecule has 5 nitrogen and oxygen atoms in total. The minimum Gasteiger partial charge on any atom is -0.382 e. The van der Waals surface area contributed by atoms with Crippen molar-refractivity contribution in [3.63, 3.8) is 0 Å². The van der Waals surface area contributed by atoms with Crippen LogP contribution in [-0.4, -0.2) is 20.0 Å². The van der Waals surface area contributed by atoms with Crippen LogP contribution in [-0.2, 0) is 0 Å². The molecule has 0 bridgehead atoms. The van der Waals surface area contributed by atoms with Crippen LogP contribution in [0.4, 0.5) is 5.82 Å². The van der Waals surface area contributed by atoms with Crippen LogP contribution < -0.4 is 5.73 Å². The largest absolute Gasteiger partial charge is 0.382 e. The van der Waals surface area contributed by atoms with Crippen molar-refractivity contribution in [1.29, 1.82) is 0 Å². The fourth-order valence-electron chi connectivity index (χ4n) is 1.65. The lowest BCUT2D eigenvalue weighted by Crippen LogP contribution is -1.99. The number of rotatable bonds is 1. The van der Waals surface area contributed by atoms with Gasteiger partial charge in [-0.25, -0.2) is 4.68 Å². The van der Waals surface area contributed by atoms with E-state index in [0.717, 1.165) is 16.6 Å². The molecule has 2 aromatic heterocycles. The predicted molar refractivity (Wildman–Crippen MR) is 61.1 cm³/mol. The molecule has 0 saturated heterocycles. The third kappa shape index (κ3) is 1.30. The molecule has 0 amide bonds. The average molecular weight is 211 g/mol. The van der Waals surface area contributed by atoms with Crippen molar-refractivity contribution < 1.29 is 0 Å². The fourth-order valence-corrected chi connectivity index (χ4v) is 1.65. The smallest absolute Gasteiger partial charge is 0.145 e. The van der Waals surface area contributed by atoms with E-state index in [-0.39, 0.29) is 0 Å². The van der Waals surface area contributed by atoms with Crippen molar-refractivity contribution in [2.45, 2.75) is 0 Å². The van der Waals surface area contributed by atoms with E-state index in [1.165, 1.54) is 0 Å². The van der Waals surface area contributed by atoms with E-state index in [0.29, 0.717) is 5.82 Å². The second kappa shape index (κ2) is 3.30. The van der Waals surface area contributed by atoms with E-state index in [4.69, 9.17) is 5.73 Å². The zero-order chi connectivity index (χ0) is 11.0. The van der Waals surface area contributed by atoms with Gasteiger partial charge in [-0.1, -0.05) is 18.2 Å². The van der Waals surface area contributed by atoms with Gasteiger partial charge in [-0.3, -0.25) is 0 Å². The summed E-state index contributed by atoms with van der Waals surface area (Å²) in [6, 6.07) is 9.53. The summed E-state index contributed by atoms with van der Waals surface area (Å²) in [6.45, 7) is 0. The number of hydrogen-bond acceptors (Lipinski definition) is 4. The summed E-state index contributed by atoms with van der Waals surface area (Å²) in [5.74, 6) is 0.487. The molecule has 0 saturated carbocycles. The van der Waals surface area contributed by atoms with Gasteiger partial charge in [-0.05, 0) is 6.07 Å². The Morgan fingerprint density at radius 1 is 1.12 bits per heavy atom. The zero-order valence-electron chi connectivity index (χ0n) is 8.41. The van der Waals surface area contributed by atoms with Crippen LogP contribution in [0.5, 0.6) is 0 Å². The van der Waals surface area contributed by atoms with Gasteiger partial charge in [0.25, 0.3) is 0 Å². The molecule has 0 aliphatic heterocycles. The minimum absolute atomic E-state index is 0.487. The van der Waals surface area contributed by atoms with Crippen molar-refractivity contribution in [2.75, 3.05) is 5.73 Å². The number of hydrogen-bond donors (Lipinski definition) is 1. The average Bonchev–Trinajstić information content (AvgIpc) is 2.75. The van der Waals surface area contributed by atoms with Crippen molar-refractivity contribution in [2.24, 2.45) is 0 Å². The second-order valence-electron chi connectivity index (χ2n) is 3.43. The Kier molecular flexibility index (Phi) is 1.83. The highest BCUT2D eigenvalue weighted by atomic mass is 15.3. The third-order valence-electron chi connectivity index (χ3n) is 2.38. The number of aromatic nitrogens is 4. The summed E-state index contributed by atoms with van der Waals surface area (Å²) in [7, 11) is 0. The molecule has 0 atom stereocenters. The Balaban J connectivity index is 2.31. The van der Waals surface area contributed by atoms with Crippen molar-refractivity contribution >= 4 is 16.7 Å². The molecule has 78 valence electrons. The van der Waals surface area contributed by atoms with E-state index in [1.54, 1.807) is 23.1 Å². The van der Waals surface area contributed by atoms with Gasteiger partial charge in [-0.15, -0.1) is 0 Å². The van der Waals surface area contributed by atoms with Gasteiger partial charge in [0.1, 0.15) is 5.82 Å². The van der Waals surface area contributed by atoms with Gasteiger partial charge in [-0.2, -0.15) is 15.3 Å². The molecule has 3 aromatic rings. The molecule has 0 unspecified atom stereocenters. The maximum absolute atomic E-state index is 5.59. The van der Waals surface area contributed by atoms with Crippen LogP contribution in [0, 0.1) is 0 Å². The maximum Gasteiger partial charge on any atom is 0.145 e. The summed E-state index contributed by atoms with van der Waals surface area (Å²) < 4.78 is 1.70. The molecule has 0 aliphatic carbocycles. The number of benzene rings is 1. The predicted octanol–water partition coefficient (Wildman–Crippen LogP) is 1.40. The first kappa shape index (κ1) is 8.84. The summed E-state index contributed by atoms with van der Waals surface area (Å²) in [4.78, 5) is 0. The monoisotopic (exact) mass is 211 g/mol. The summed E-state index contributed by atoms with van der Waals surface area (Å²) in [5.41, 5.74) is 7.31. The van der Waals surface area contributed by atoms with E-state index in [2.05, 4.69) is 15.3 Å². The molecular formula is C11H9N5. The lowest BCUT2D eigenvalue weighted by molar-refractivity contribution is 0.878. The Bertz CT molecular complexity index is 638. The Hall–Kier alpha value is -2.43. The summed E-state index contributed by atoms with van der Waals surface area (Å²) in [6.07, 6.45) is 3.48. The molecule has 16 heavy (non-hydrogen) atoms. The maximum atomic E-state index is 5.59. The molecule has 0 fully saturated rings. The Morgan fingerprint density at radius 3 is 2.81 bits per heavy atom. The van der Waals surface area contributed by atoms with Gasteiger partial charge in [0.15, 0.2) is 0 Å². The highest BCUT2D eigenvalue weighted by Crippen LogP contribution is 2.18. The lowest BCUT2D eigenvalue weighted by atomic mass is 10.2. The molecule has 2 N–H and O–H groups in total. The fraction of sp³-hybridized carbons (Fsp3) is 0. The Labute approximate surface area is 91.5 Å². The van der Waals surface area contributed by atoms with Gasteiger partial charge in [0.05, 0.1) is 17.4 Å². The van der Waals surface area contributed by atoms with E-state index < -0.39 is 0 Å². The van der Waals surface area contributed by atoms with Crippen molar-refractivity contribution in [3.05, 3.63) is 42.7 Å². The van der Waals surface area contributed by atoms with E-state index >= 15 is 0 Å². The van der Waals surface area contributed by atoms with Crippen LogP contribution >= 0.6 is 0 Å². The molecular weight excluding hydrogens is 202 g/mol. The minimum atomic E-state index is 0.487. The van der Waals surface area contributed by atoms with Gasteiger partial charge >= 0.3 is 0 Å². The lowest BCUT2D eigenvalue weighted by Gasteiger charge is -2.03. The molecule has 0 spiro atoms. The molecule has 2 heterocycles. The first-order chi connectivity index (χ1) is 7.84. The second-order valence-corrected chi connectivity index (χ2v) is 3.43. The third-order valence-corrected chi connectivity index (χ3v) is 2.38. The normalized spacial score (nSPS) is 10.8. The van der Waals surface area contributed by atoms with Crippen LogP contribution in [0.2, 0.25) is 0 Å². The number of fused-ring (bicyclic) bond motifs is 1. The van der Waals surface area contributed by atoms with Gasteiger partial charge in [0, 0.05) is 17.6 Å². The van der Waals surface area contributed by atoms with Crippen LogP contribution in [0.3, 0.4) is 0 Å². The molecule has 1 aromatic carbocycles. The highest BCUT2D eigenvalue weighted by molar-refractivity contribution is 5.85. The van der Waals surface area contributed by atoms with Gasteiger partial charge in [0.2, 0.25) is 0 Å². The first-order valence-electron chi connectivity index (χ1n) is 4.86. The van der Waals surface area contributed by atoms with Crippen molar-refractivity contribution in [3.8, 4) is 5.69 Å². The molecule has 5 heteroatoms. The molecule has 0 aliphatic rings. The first-order valence-corrected chi connectivity index (χ1v) is 4.86. The summed E-state index contributed by atoms with van der Waals surface area (Å²) >= 11 is 0. The molecule has 3 rings (SSSR count). The SMILES string of the molecule is Nc1ccn(-c2cnnc3ccccc23)n1. The summed E-state index contributed by atoms with van der Waals surface area (Å²) in [5, 5.41) is 13.2.